The van der Waals surface area contributed by atoms with E-state index < -0.39 is 22.0 Å². The number of rotatable bonds is 6. The van der Waals surface area contributed by atoms with Gasteiger partial charge in [0.05, 0.1) is 19.1 Å². The fourth-order valence-electron chi connectivity index (χ4n) is 2.88. The topological polar surface area (TPSA) is 75.7 Å². The van der Waals surface area contributed by atoms with Crippen LogP contribution in [-0.4, -0.2) is 33.7 Å². The molecule has 0 saturated carbocycles. The zero-order chi connectivity index (χ0) is 20.4. The van der Waals surface area contributed by atoms with Crippen LogP contribution >= 0.6 is 0 Å². The van der Waals surface area contributed by atoms with E-state index >= 15 is 0 Å². The molecule has 0 aliphatic heterocycles. The zero-order valence-electron chi connectivity index (χ0n) is 16.5. The number of aryl methyl sites for hydroxylation is 2. The molecule has 0 aromatic heterocycles. The summed E-state index contributed by atoms with van der Waals surface area (Å²) in [5, 5.41) is 2.84. The quantitative estimate of drug-likeness (QED) is 0.820. The minimum atomic E-state index is -3.73. The molecular weight excluding hydrogens is 364 g/mol. The lowest BCUT2D eigenvalue weighted by atomic mass is 10.1. The normalized spacial score (nSPS) is 12.4. The van der Waals surface area contributed by atoms with Crippen molar-refractivity contribution in [1.82, 2.24) is 0 Å². The molecule has 0 aliphatic rings. The number of hydrogen-bond donors (Lipinski definition) is 1. The molecule has 1 amide bonds. The summed E-state index contributed by atoms with van der Waals surface area (Å²) in [6, 6.07) is 9.85. The van der Waals surface area contributed by atoms with Crippen molar-refractivity contribution in [3.05, 3.63) is 53.1 Å². The Morgan fingerprint density at radius 1 is 1.15 bits per heavy atom. The minimum absolute atomic E-state index is 0.337. The highest BCUT2D eigenvalue weighted by Crippen LogP contribution is 2.33. The van der Waals surface area contributed by atoms with Crippen LogP contribution in [0, 0.1) is 20.8 Å². The largest absolute Gasteiger partial charge is 0.495 e. The molecule has 0 fully saturated rings. The lowest BCUT2D eigenvalue weighted by Crippen LogP contribution is -2.45. The Labute approximate surface area is 161 Å². The van der Waals surface area contributed by atoms with Gasteiger partial charge in [0.15, 0.2) is 0 Å². The van der Waals surface area contributed by atoms with E-state index in [-0.39, 0.29) is 0 Å². The van der Waals surface area contributed by atoms with Gasteiger partial charge in [0.2, 0.25) is 15.9 Å². The van der Waals surface area contributed by atoms with Crippen molar-refractivity contribution >= 4 is 27.3 Å². The molecule has 0 aliphatic carbocycles. The average Bonchev–Trinajstić information content (AvgIpc) is 2.58. The second kappa shape index (κ2) is 8.00. The Morgan fingerprint density at radius 3 is 2.41 bits per heavy atom. The summed E-state index contributed by atoms with van der Waals surface area (Å²) in [5.74, 6) is -0.0323. The van der Waals surface area contributed by atoms with Crippen LogP contribution in [0.15, 0.2) is 36.4 Å². The molecule has 1 N–H and O–H groups in total. The molecule has 7 heteroatoms. The fourth-order valence-corrected chi connectivity index (χ4v) is 4.05. The van der Waals surface area contributed by atoms with Gasteiger partial charge in [-0.05, 0) is 62.6 Å². The van der Waals surface area contributed by atoms with Gasteiger partial charge in [0, 0.05) is 5.69 Å². The first kappa shape index (κ1) is 20.8. The number of anilines is 2. The summed E-state index contributed by atoms with van der Waals surface area (Å²) in [4.78, 5) is 12.9. The maximum absolute atomic E-state index is 12.9. The summed E-state index contributed by atoms with van der Waals surface area (Å²) in [6.45, 7) is 7.27. The second-order valence-electron chi connectivity index (χ2n) is 6.65. The molecule has 146 valence electrons. The van der Waals surface area contributed by atoms with Crippen molar-refractivity contribution in [1.29, 1.82) is 0 Å². The van der Waals surface area contributed by atoms with Gasteiger partial charge in [0.25, 0.3) is 0 Å². The maximum Gasteiger partial charge on any atom is 0.248 e. The van der Waals surface area contributed by atoms with Crippen LogP contribution in [0.4, 0.5) is 11.4 Å². The minimum Gasteiger partial charge on any atom is -0.495 e. The number of amides is 1. The summed E-state index contributed by atoms with van der Waals surface area (Å²) < 4.78 is 31.5. The number of benzene rings is 2. The van der Waals surface area contributed by atoms with E-state index in [0.717, 1.165) is 27.3 Å². The third kappa shape index (κ3) is 4.60. The molecule has 2 aromatic carbocycles. The Bertz CT molecular complexity index is 954. The summed E-state index contributed by atoms with van der Waals surface area (Å²) in [7, 11) is -2.26. The number of nitrogens with zero attached hydrogens (tertiary/aromatic N) is 1. The molecule has 0 radical (unpaired) electrons. The smallest absolute Gasteiger partial charge is 0.248 e. The van der Waals surface area contributed by atoms with E-state index in [2.05, 4.69) is 5.32 Å². The lowest BCUT2D eigenvalue weighted by Gasteiger charge is -2.29. The van der Waals surface area contributed by atoms with Crippen LogP contribution < -0.4 is 14.4 Å². The zero-order valence-corrected chi connectivity index (χ0v) is 17.3. The maximum atomic E-state index is 12.9. The van der Waals surface area contributed by atoms with Gasteiger partial charge >= 0.3 is 0 Å². The monoisotopic (exact) mass is 390 g/mol. The highest BCUT2D eigenvalue weighted by atomic mass is 32.2. The number of sulfonamides is 1. The van der Waals surface area contributed by atoms with E-state index in [4.69, 9.17) is 4.74 Å². The molecule has 27 heavy (non-hydrogen) atoms. The van der Waals surface area contributed by atoms with Crippen LogP contribution in [0.1, 0.15) is 23.6 Å². The summed E-state index contributed by atoms with van der Waals surface area (Å²) >= 11 is 0. The summed E-state index contributed by atoms with van der Waals surface area (Å²) in [5.41, 5.74) is 3.85. The van der Waals surface area contributed by atoms with Crippen molar-refractivity contribution in [2.24, 2.45) is 0 Å². The molecule has 6 nitrogen and oxygen atoms in total. The molecule has 1 atom stereocenters. The van der Waals surface area contributed by atoms with E-state index in [1.165, 1.54) is 7.11 Å². The highest BCUT2D eigenvalue weighted by molar-refractivity contribution is 7.92. The molecule has 2 rings (SSSR count). The van der Waals surface area contributed by atoms with Crippen LogP contribution in [0.3, 0.4) is 0 Å². The average molecular weight is 391 g/mol. The number of carbonyl (C=O) groups excluding carboxylic acids is 1. The fraction of sp³-hybridized carbons (Fsp3) is 0.350. The molecule has 0 saturated heterocycles. The lowest BCUT2D eigenvalue weighted by molar-refractivity contribution is -0.116. The van der Waals surface area contributed by atoms with E-state index in [0.29, 0.717) is 17.1 Å². The van der Waals surface area contributed by atoms with Gasteiger partial charge in [-0.15, -0.1) is 0 Å². The Balaban J connectivity index is 2.44. The number of methoxy groups -OCH3 is 1. The van der Waals surface area contributed by atoms with Crippen LogP contribution in [0.2, 0.25) is 0 Å². The molecular formula is C20H26N2O4S. The van der Waals surface area contributed by atoms with Crippen molar-refractivity contribution in [2.75, 3.05) is 23.0 Å². The number of carbonyl (C=O) groups is 1. The molecule has 0 spiro atoms. The van der Waals surface area contributed by atoms with Gasteiger partial charge in [-0.25, -0.2) is 8.42 Å². The van der Waals surface area contributed by atoms with Gasteiger partial charge in [-0.3, -0.25) is 9.10 Å². The van der Waals surface area contributed by atoms with Gasteiger partial charge < -0.3 is 10.1 Å². The van der Waals surface area contributed by atoms with E-state index in [1.807, 2.05) is 39.0 Å². The summed E-state index contributed by atoms with van der Waals surface area (Å²) in [6.07, 6.45) is 1.08. The first-order valence-electron chi connectivity index (χ1n) is 8.57. The van der Waals surface area contributed by atoms with Crippen LogP contribution in [0.5, 0.6) is 5.75 Å². The predicted molar refractivity (Wildman–Crippen MR) is 109 cm³/mol. The van der Waals surface area contributed by atoms with E-state index in [9.17, 15) is 13.2 Å². The third-order valence-electron chi connectivity index (χ3n) is 4.52. The van der Waals surface area contributed by atoms with Crippen molar-refractivity contribution in [3.8, 4) is 5.75 Å². The number of hydrogen-bond acceptors (Lipinski definition) is 4. The highest BCUT2D eigenvalue weighted by Gasteiger charge is 2.31. The Hall–Kier alpha value is -2.54. The van der Waals surface area contributed by atoms with Gasteiger partial charge in [-0.1, -0.05) is 18.2 Å². The number of nitrogens with one attached hydrogen (secondary N) is 1. The van der Waals surface area contributed by atoms with Crippen molar-refractivity contribution in [3.63, 3.8) is 0 Å². The first-order chi connectivity index (χ1) is 12.6. The molecule has 0 bridgehead atoms. The SMILES string of the molecule is COc1ccc(C)cc1N([C@H](C)C(=O)Nc1cccc(C)c1C)S(C)(=O)=O. The first-order valence-corrected chi connectivity index (χ1v) is 10.4. The van der Waals surface area contributed by atoms with Gasteiger partial charge in [0.1, 0.15) is 11.8 Å². The molecule has 0 unspecified atom stereocenters. The number of ether oxygens (including phenoxy) is 1. The Morgan fingerprint density at radius 2 is 1.81 bits per heavy atom. The third-order valence-corrected chi connectivity index (χ3v) is 5.75. The second-order valence-corrected chi connectivity index (χ2v) is 8.51. The van der Waals surface area contributed by atoms with Crippen LogP contribution in [-0.2, 0) is 14.8 Å². The predicted octanol–water partition coefficient (Wildman–Crippen LogP) is 3.41. The van der Waals surface area contributed by atoms with E-state index in [1.54, 1.807) is 25.1 Å². The Kier molecular flexibility index (Phi) is 6.15. The van der Waals surface area contributed by atoms with Gasteiger partial charge in [-0.2, -0.15) is 0 Å². The van der Waals surface area contributed by atoms with Crippen molar-refractivity contribution < 1.29 is 17.9 Å². The van der Waals surface area contributed by atoms with Crippen LogP contribution in [0.25, 0.3) is 0 Å². The molecule has 2 aromatic rings. The van der Waals surface area contributed by atoms with Crippen molar-refractivity contribution in [2.45, 2.75) is 33.7 Å². The standard InChI is InChI=1S/C20H26N2O4S/c1-13-10-11-19(26-5)18(12-13)22(27(6,24)25)16(4)20(23)21-17-9-7-8-14(2)15(17)3/h7-12,16H,1-6H3,(H,21,23)/t16-/m1/s1. The molecule has 0 heterocycles.